The number of piperazine rings is 1. The van der Waals surface area contributed by atoms with Crippen molar-refractivity contribution in [3.8, 4) is 0 Å². The number of benzene rings is 1. The van der Waals surface area contributed by atoms with E-state index >= 15 is 0 Å². The molecule has 0 spiro atoms. The maximum atomic E-state index is 12.3. The van der Waals surface area contributed by atoms with E-state index in [0.717, 1.165) is 18.8 Å². The Labute approximate surface area is 152 Å². The first-order valence-corrected chi connectivity index (χ1v) is 8.85. The van der Waals surface area contributed by atoms with Gasteiger partial charge in [0.2, 0.25) is 17.7 Å². The molecule has 2 aliphatic rings. The summed E-state index contributed by atoms with van der Waals surface area (Å²) in [6, 6.07) is 10.1. The van der Waals surface area contributed by atoms with Crippen molar-refractivity contribution in [2.75, 3.05) is 37.6 Å². The van der Waals surface area contributed by atoms with Crippen molar-refractivity contribution in [1.29, 1.82) is 0 Å². The summed E-state index contributed by atoms with van der Waals surface area (Å²) in [5.41, 5.74) is 6.32. The van der Waals surface area contributed by atoms with Crippen molar-refractivity contribution in [1.82, 2.24) is 10.2 Å². The molecule has 8 heteroatoms. The Morgan fingerprint density at radius 1 is 1.04 bits per heavy atom. The van der Waals surface area contributed by atoms with Gasteiger partial charge in [-0.1, -0.05) is 18.2 Å². The molecule has 2 heterocycles. The number of para-hydroxylation sites is 1. The van der Waals surface area contributed by atoms with Gasteiger partial charge < -0.3 is 25.6 Å². The van der Waals surface area contributed by atoms with Crippen molar-refractivity contribution >= 4 is 23.4 Å². The summed E-state index contributed by atoms with van der Waals surface area (Å²) in [6.07, 6.45) is -0.561. The van der Waals surface area contributed by atoms with Gasteiger partial charge in [-0.3, -0.25) is 14.4 Å². The minimum Gasteiger partial charge on any atom is -0.368 e. The van der Waals surface area contributed by atoms with Gasteiger partial charge in [-0.25, -0.2) is 0 Å². The smallest absolute Gasteiger partial charge is 0.249 e. The van der Waals surface area contributed by atoms with E-state index in [1.807, 2.05) is 18.2 Å². The van der Waals surface area contributed by atoms with Gasteiger partial charge in [-0.05, 0) is 25.0 Å². The van der Waals surface area contributed by atoms with Crippen LogP contribution >= 0.6 is 0 Å². The molecule has 2 atom stereocenters. The van der Waals surface area contributed by atoms with E-state index in [-0.39, 0.29) is 18.4 Å². The molecule has 8 nitrogen and oxygen atoms in total. The molecule has 140 valence electrons. The highest BCUT2D eigenvalue weighted by molar-refractivity contribution is 5.88. The molecule has 1 aromatic rings. The van der Waals surface area contributed by atoms with Gasteiger partial charge in [0.05, 0.1) is 6.54 Å². The van der Waals surface area contributed by atoms with Crippen LogP contribution in [0.5, 0.6) is 0 Å². The highest BCUT2D eigenvalue weighted by Gasteiger charge is 2.34. The Morgan fingerprint density at radius 3 is 2.31 bits per heavy atom. The number of nitrogens with one attached hydrogen (secondary N) is 1. The van der Waals surface area contributed by atoms with Gasteiger partial charge in [0.15, 0.2) is 0 Å². The lowest BCUT2D eigenvalue weighted by molar-refractivity contribution is -0.140. The second kappa shape index (κ2) is 8.18. The highest BCUT2D eigenvalue weighted by Crippen LogP contribution is 2.19. The molecule has 0 bridgehead atoms. The molecule has 0 aromatic heterocycles. The van der Waals surface area contributed by atoms with E-state index in [1.165, 1.54) is 0 Å². The minimum absolute atomic E-state index is 0.0642. The number of amides is 3. The third-order valence-corrected chi connectivity index (χ3v) is 4.80. The molecule has 0 radical (unpaired) electrons. The maximum absolute atomic E-state index is 12.3. The molecule has 2 saturated heterocycles. The fourth-order valence-electron chi connectivity index (χ4n) is 3.28. The van der Waals surface area contributed by atoms with Crippen molar-refractivity contribution in [3.05, 3.63) is 30.3 Å². The van der Waals surface area contributed by atoms with E-state index in [2.05, 4.69) is 22.3 Å². The van der Waals surface area contributed by atoms with Crippen LogP contribution in [0, 0.1) is 0 Å². The lowest BCUT2D eigenvalue weighted by atomic mass is 10.2. The van der Waals surface area contributed by atoms with Gasteiger partial charge in [0.25, 0.3) is 0 Å². The summed E-state index contributed by atoms with van der Waals surface area (Å²) in [7, 11) is 0. The van der Waals surface area contributed by atoms with Crippen molar-refractivity contribution in [2.45, 2.75) is 25.0 Å². The molecule has 0 unspecified atom stereocenters. The Hall–Kier alpha value is -2.61. The van der Waals surface area contributed by atoms with Crippen LogP contribution in [-0.2, 0) is 19.1 Å². The van der Waals surface area contributed by atoms with E-state index in [4.69, 9.17) is 10.5 Å². The number of hydrogen-bond acceptors (Lipinski definition) is 5. The standard InChI is InChI=1S/C18H24N4O4/c19-17(24)14-6-7-15(26-14)18(25)20-12-16(23)22-10-8-21(9-11-22)13-4-2-1-3-5-13/h1-5,14-15H,6-12H2,(H2,19,24)(H,20,25)/t14-,15-/m1/s1. The Balaban J connectivity index is 1.41. The van der Waals surface area contributed by atoms with Crippen LogP contribution in [-0.4, -0.2) is 67.6 Å². The zero-order valence-corrected chi connectivity index (χ0v) is 14.6. The van der Waals surface area contributed by atoms with Crippen LogP contribution in [0.3, 0.4) is 0 Å². The van der Waals surface area contributed by atoms with Crippen LogP contribution in [0.15, 0.2) is 30.3 Å². The molecule has 3 amide bonds. The second-order valence-electron chi connectivity index (χ2n) is 6.51. The number of primary amides is 1. The summed E-state index contributed by atoms with van der Waals surface area (Å²) in [6.45, 7) is 2.69. The van der Waals surface area contributed by atoms with Gasteiger partial charge in [-0.2, -0.15) is 0 Å². The number of carbonyl (C=O) groups excluding carboxylic acids is 3. The fraction of sp³-hybridized carbons (Fsp3) is 0.500. The molecule has 26 heavy (non-hydrogen) atoms. The molecule has 1 aromatic carbocycles. The normalized spacial score (nSPS) is 22.9. The maximum Gasteiger partial charge on any atom is 0.249 e. The van der Waals surface area contributed by atoms with Crippen molar-refractivity contribution < 1.29 is 19.1 Å². The number of anilines is 1. The molecule has 0 aliphatic carbocycles. The number of ether oxygens (including phenoxy) is 1. The predicted molar refractivity (Wildman–Crippen MR) is 95.3 cm³/mol. The van der Waals surface area contributed by atoms with E-state index in [0.29, 0.717) is 25.9 Å². The number of nitrogens with two attached hydrogens (primary N) is 1. The lowest BCUT2D eigenvalue weighted by Gasteiger charge is -2.36. The monoisotopic (exact) mass is 360 g/mol. The molecular formula is C18H24N4O4. The highest BCUT2D eigenvalue weighted by atomic mass is 16.5. The zero-order chi connectivity index (χ0) is 18.5. The van der Waals surface area contributed by atoms with Crippen molar-refractivity contribution in [3.63, 3.8) is 0 Å². The lowest BCUT2D eigenvalue weighted by Crippen LogP contribution is -2.52. The topological polar surface area (TPSA) is 105 Å². The third kappa shape index (κ3) is 4.32. The number of carbonyl (C=O) groups is 3. The summed E-state index contributed by atoms with van der Waals surface area (Å²) in [5, 5.41) is 2.60. The minimum atomic E-state index is -0.715. The van der Waals surface area contributed by atoms with Crippen molar-refractivity contribution in [2.24, 2.45) is 5.73 Å². The molecule has 0 saturated carbocycles. The Kier molecular flexibility index (Phi) is 5.72. The van der Waals surface area contributed by atoms with Crippen LogP contribution in [0.4, 0.5) is 5.69 Å². The number of nitrogens with zero attached hydrogens (tertiary/aromatic N) is 2. The summed E-state index contributed by atoms with van der Waals surface area (Å²) < 4.78 is 5.31. The predicted octanol–water partition coefficient (Wildman–Crippen LogP) is -0.516. The van der Waals surface area contributed by atoms with Crippen LogP contribution < -0.4 is 16.0 Å². The first-order chi connectivity index (χ1) is 12.5. The van der Waals surface area contributed by atoms with E-state index < -0.39 is 18.1 Å². The Bertz CT molecular complexity index is 658. The van der Waals surface area contributed by atoms with Crippen LogP contribution in [0.1, 0.15) is 12.8 Å². The third-order valence-electron chi connectivity index (χ3n) is 4.80. The molecule has 3 N–H and O–H groups in total. The molecule has 3 rings (SSSR count). The Morgan fingerprint density at radius 2 is 1.69 bits per heavy atom. The average Bonchev–Trinajstić information content (AvgIpc) is 3.17. The zero-order valence-electron chi connectivity index (χ0n) is 14.6. The summed E-state index contributed by atoms with van der Waals surface area (Å²) >= 11 is 0. The molecule has 2 fully saturated rings. The first-order valence-electron chi connectivity index (χ1n) is 8.85. The average molecular weight is 360 g/mol. The quantitative estimate of drug-likeness (QED) is 0.735. The van der Waals surface area contributed by atoms with E-state index in [1.54, 1.807) is 4.90 Å². The molecule has 2 aliphatic heterocycles. The fourth-order valence-corrected chi connectivity index (χ4v) is 3.28. The van der Waals surface area contributed by atoms with Gasteiger partial charge in [0.1, 0.15) is 12.2 Å². The van der Waals surface area contributed by atoms with E-state index in [9.17, 15) is 14.4 Å². The number of rotatable bonds is 5. The number of hydrogen-bond donors (Lipinski definition) is 2. The summed E-state index contributed by atoms with van der Waals surface area (Å²) in [4.78, 5) is 39.4. The van der Waals surface area contributed by atoms with Gasteiger partial charge >= 0.3 is 0 Å². The summed E-state index contributed by atoms with van der Waals surface area (Å²) in [5.74, 6) is -1.05. The second-order valence-corrected chi connectivity index (χ2v) is 6.51. The molecular weight excluding hydrogens is 336 g/mol. The first kappa shape index (κ1) is 18.2. The van der Waals surface area contributed by atoms with Crippen LogP contribution in [0.25, 0.3) is 0 Å². The van der Waals surface area contributed by atoms with Crippen LogP contribution in [0.2, 0.25) is 0 Å². The SMILES string of the molecule is NC(=O)[C@H]1CC[C@H](C(=O)NCC(=O)N2CCN(c3ccccc3)CC2)O1. The largest absolute Gasteiger partial charge is 0.368 e. The van der Waals surface area contributed by atoms with Gasteiger partial charge in [-0.15, -0.1) is 0 Å². The van der Waals surface area contributed by atoms with Gasteiger partial charge in [0, 0.05) is 31.9 Å².